The Morgan fingerprint density at radius 1 is 1.13 bits per heavy atom. The second-order valence-corrected chi connectivity index (χ2v) is 8.97. The van der Waals surface area contributed by atoms with E-state index in [0.717, 1.165) is 22.5 Å². The van der Waals surface area contributed by atoms with Gasteiger partial charge in [-0.05, 0) is 18.6 Å². The molecule has 0 amide bonds. The summed E-state index contributed by atoms with van der Waals surface area (Å²) < 4.78 is 1.44. The SMILES string of the molecule is Cc1ccc(-c2nnc(SCC(=O)C=C3N(C)c4ccccc4C3(C)C)n2N)cc1. The van der Waals surface area contributed by atoms with E-state index in [0.29, 0.717) is 11.0 Å². The summed E-state index contributed by atoms with van der Waals surface area (Å²) >= 11 is 1.29. The van der Waals surface area contributed by atoms with Crippen LogP contribution in [0.25, 0.3) is 11.4 Å². The van der Waals surface area contributed by atoms with Crippen LogP contribution in [0.4, 0.5) is 5.69 Å². The van der Waals surface area contributed by atoms with Gasteiger partial charge in [0, 0.05) is 35.5 Å². The lowest BCUT2D eigenvalue weighted by molar-refractivity contribution is -0.112. The number of anilines is 1. The molecule has 0 bridgehead atoms. The van der Waals surface area contributed by atoms with Gasteiger partial charge in [-0.1, -0.05) is 73.6 Å². The lowest BCUT2D eigenvalue weighted by Crippen LogP contribution is -2.24. The molecule has 2 aromatic carbocycles. The van der Waals surface area contributed by atoms with Crippen LogP contribution in [-0.2, 0) is 10.2 Å². The Bertz CT molecular complexity index is 1130. The second-order valence-electron chi connectivity index (χ2n) is 8.03. The molecule has 154 valence electrons. The second kappa shape index (κ2) is 7.65. The third-order valence-electron chi connectivity index (χ3n) is 5.56. The molecule has 0 spiro atoms. The minimum atomic E-state index is -0.224. The molecular weight excluding hydrogens is 394 g/mol. The number of carbonyl (C=O) groups is 1. The molecule has 2 heterocycles. The Morgan fingerprint density at radius 2 is 1.83 bits per heavy atom. The number of likely N-dealkylation sites (N-methyl/N-ethyl adjacent to an activating group) is 1. The van der Waals surface area contributed by atoms with E-state index in [-0.39, 0.29) is 17.0 Å². The maximum Gasteiger partial charge on any atom is 0.210 e. The fourth-order valence-corrected chi connectivity index (χ4v) is 4.54. The van der Waals surface area contributed by atoms with E-state index in [1.165, 1.54) is 22.0 Å². The van der Waals surface area contributed by atoms with E-state index < -0.39 is 0 Å². The number of fused-ring (bicyclic) bond motifs is 1. The van der Waals surface area contributed by atoms with Gasteiger partial charge in [0.05, 0.1) is 5.75 Å². The number of allylic oxidation sites excluding steroid dienone is 2. The molecule has 2 N–H and O–H groups in total. The summed E-state index contributed by atoms with van der Waals surface area (Å²) in [5, 5.41) is 8.87. The molecular formula is C23H25N5OS. The van der Waals surface area contributed by atoms with Crippen molar-refractivity contribution in [2.45, 2.75) is 31.3 Å². The average Bonchev–Trinajstić information content (AvgIpc) is 3.18. The summed E-state index contributed by atoms with van der Waals surface area (Å²) in [7, 11) is 2.00. The molecule has 7 heteroatoms. The van der Waals surface area contributed by atoms with Crippen molar-refractivity contribution in [1.29, 1.82) is 0 Å². The highest BCUT2D eigenvalue weighted by Gasteiger charge is 2.38. The van der Waals surface area contributed by atoms with Crippen LogP contribution in [0.2, 0.25) is 0 Å². The van der Waals surface area contributed by atoms with Crippen molar-refractivity contribution in [2.24, 2.45) is 0 Å². The highest BCUT2D eigenvalue weighted by atomic mass is 32.2. The van der Waals surface area contributed by atoms with Crippen molar-refractivity contribution in [2.75, 3.05) is 23.5 Å². The number of aromatic nitrogens is 3. The first kappa shape index (κ1) is 20.2. The first-order valence-electron chi connectivity index (χ1n) is 9.77. The number of nitrogens with two attached hydrogens (primary N) is 1. The normalized spacial score (nSPS) is 16.1. The smallest absolute Gasteiger partial charge is 0.210 e. The van der Waals surface area contributed by atoms with Crippen LogP contribution in [0.15, 0.2) is 65.5 Å². The standard InChI is InChI=1S/C23H25N5OS/c1-15-9-11-16(12-10-15)21-25-26-22(28(21)24)30-14-17(29)13-20-23(2,3)18-7-5-6-8-19(18)27(20)4/h5-13H,14,24H2,1-4H3. The minimum Gasteiger partial charge on any atom is -0.347 e. The minimum absolute atomic E-state index is 0.0163. The molecule has 1 aliphatic rings. The molecule has 1 aliphatic heterocycles. The van der Waals surface area contributed by atoms with Gasteiger partial charge in [-0.15, -0.1) is 10.2 Å². The van der Waals surface area contributed by atoms with Crippen molar-refractivity contribution in [3.63, 3.8) is 0 Å². The van der Waals surface area contributed by atoms with Gasteiger partial charge in [0.1, 0.15) is 0 Å². The molecule has 0 unspecified atom stereocenters. The molecule has 0 aliphatic carbocycles. The quantitative estimate of drug-likeness (QED) is 0.383. The van der Waals surface area contributed by atoms with Gasteiger partial charge in [-0.2, -0.15) is 0 Å². The van der Waals surface area contributed by atoms with Crippen molar-refractivity contribution >= 4 is 23.2 Å². The Kier molecular flexibility index (Phi) is 5.15. The number of para-hydroxylation sites is 1. The lowest BCUT2D eigenvalue weighted by Gasteiger charge is -2.23. The fourth-order valence-electron chi connectivity index (χ4n) is 3.86. The predicted molar refractivity (Wildman–Crippen MR) is 122 cm³/mol. The van der Waals surface area contributed by atoms with E-state index in [4.69, 9.17) is 5.84 Å². The van der Waals surface area contributed by atoms with Crippen LogP contribution >= 0.6 is 11.8 Å². The summed E-state index contributed by atoms with van der Waals surface area (Å²) in [4.78, 5) is 14.9. The molecule has 0 saturated heterocycles. The van der Waals surface area contributed by atoms with Crippen LogP contribution < -0.4 is 10.7 Å². The molecule has 30 heavy (non-hydrogen) atoms. The number of carbonyl (C=O) groups excluding carboxylic acids is 1. The summed E-state index contributed by atoms with van der Waals surface area (Å²) in [5.41, 5.74) is 5.18. The third-order valence-corrected chi connectivity index (χ3v) is 6.52. The molecule has 4 rings (SSSR count). The lowest BCUT2D eigenvalue weighted by atomic mass is 9.83. The van der Waals surface area contributed by atoms with Gasteiger partial charge in [0.15, 0.2) is 11.6 Å². The number of benzene rings is 2. The van der Waals surface area contributed by atoms with Crippen LogP contribution in [0.5, 0.6) is 0 Å². The Hall–Kier alpha value is -3.06. The van der Waals surface area contributed by atoms with Gasteiger partial charge < -0.3 is 10.7 Å². The summed E-state index contributed by atoms with van der Waals surface area (Å²) in [6, 6.07) is 16.2. The number of nitrogen functional groups attached to an aromatic ring is 1. The third kappa shape index (κ3) is 3.50. The van der Waals surface area contributed by atoms with Gasteiger partial charge in [-0.3, -0.25) is 4.79 Å². The zero-order chi connectivity index (χ0) is 21.5. The highest BCUT2D eigenvalue weighted by molar-refractivity contribution is 7.99. The fraction of sp³-hybridized carbons (Fsp3) is 0.261. The highest BCUT2D eigenvalue weighted by Crippen LogP contribution is 2.46. The van der Waals surface area contributed by atoms with Gasteiger partial charge in [0.2, 0.25) is 5.16 Å². The van der Waals surface area contributed by atoms with Crippen molar-refractivity contribution in [1.82, 2.24) is 14.9 Å². The van der Waals surface area contributed by atoms with Crippen molar-refractivity contribution in [3.8, 4) is 11.4 Å². The maximum absolute atomic E-state index is 12.8. The van der Waals surface area contributed by atoms with E-state index in [9.17, 15) is 4.79 Å². The molecule has 0 fully saturated rings. The van der Waals surface area contributed by atoms with E-state index in [2.05, 4.69) is 41.1 Å². The molecule has 0 atom stereocenters. The maximum atomic E-state index is 12.8. The Morgan fingerprint density at radius 3 is 2.53 bits per heavy atom. The molecule has 3 aromatic rings. The topological polar surface area (TPSA) is 77.0 Å². The summed E-state index contributed by atoms with van der Waals surface area (Å²) in [6.07, 6.45) is 1.74. The van der Waals surface area contributed by atoms with Crippen LogP contribution in [0.3, 0.4) is 0 Å². The molecule has 1 aromatic heterocycles. The van der Waals surface area contributed by atoms with Crippen molar-refractivity contribution in [3.05, 3.63) is 71.4 Å². The number of thioether (sulfide) groups is 1. The van der Waals surface area contributed by atoms with E-state index >= 15 is 0 Å². The van der Waals surface area contributed by atoms with Gasteiger partial charge in [0.25, 0.3) is 0 Å². The number of rotatable bonds is 5. The first-order chi connectivity index (χ1) is 14.3. The molecule has 0 radical (unpaired) electrons. The number of hydrogen-bond donors (Lipinski definition) is 1. The molecule has 0 saturated carbocycles. The summed E-state index contributed by atoms with van der Waals surface area (Å²) in [6.45, 7) is 6.32. The van der Waals surface area contributed by atoms with E-state index in [1.807, 2.05) is 50.4 Å². The first-order valence-corrected chi connectivity index (χ1v) is 10.8. The van der Waals surface area contributed by atoms with Crippen molar-refractivity contribution < 1.29 is 4.79 Å². The van der Waals surface area contributed by atoms with Crippen LogP contribution in [0.1, 0.15) is 25.0 Å². The average molecular weight is 420 g/mol. The predicted octanol–water partition coefficient (Wildman–Crippen LogP) is 3.94. The monoisotopic (exact) mass is 419 g/mol. The summed E-state index contributed by atoms with van der Waals surface area (Å²) in [5.74, 6) is 7.02. The number of hydrogen-bond acceptors (Lipinski definition) is 6. The molecule has 6 nitrogen and oxygen atoms in total. The number of ketones is 1. The largest absolute Gasteiger partial charge is 0.347 e. The van der Waals surface area contributed by atoms with Crippen LogP contribution in [-0.4, -0.2) is 33.5 Å². The van der Waals surface area contributed by atoms with Crippen LogP contribution in [0, 0.1) is 6.92 Å². The van der Waals surface area contributed by atoms with E-state index in [1.54, 1.807) is 6.08 Å². The zero-order valence-electron chi connectivity index (χ0n) is 17.6. The van der Waals surface area contributed by atoms with Gasteiger partial charge in [-0.25, -0.2) is 4.68 Å². The Balaban J connectivity index is 1.49. The number of aryl methyl sites for hydroxylation is 1. The zero-order valence-corrected chi connectivity index (χ0v) is 18.4. The Labute approximate surface area is 180 Å². The van der Waals surface area contributed by atoms with Gasteiger partial charge >= 0.3 is 0 Å². The number of nitrogens with zero attached hydrogens (tertiary/aromatic N) is 4.